The van der Waals surface area contributed by atoms with Crippen molar-refractivity contribution >= 4 is 28.7 Å². The van der Waals surface area contributed by atoms with Gasteiger partial charge in [-0.2, -0.15) is 4.98 Å². The van der Waals surface area contributed by atoms with Crippen molar-refractivity contribution in [3.05, 3.63) is 53.2 Å². The third-order valence-electron chi connectivity index (χ3n) is 6.33. The Morgan fingerprint density at radius 3 is 2.70 bits per heavy atom. The van der Waals surface area contributed by atoms with Crippen LogP contribution in [0.15, 0.2) is 36.7 Å². The molecule has 0 saturated carbocycles. The second-order valence-corrected chi connectivity index (χ2v) is 9.37. The molecule has 6 atom stereocenters. The summed E-state index contributed by atoms with van der Waals surface area (Å²) in [5, 5.41) is 41.1. The summed E-state index contributed by atoms with van der Waals surface area (Å²) in [7, 11) is 0. The van der Waals surface area contributed by atoms with Crippen LogP contribution in [0.2, 0.25) is 5.28 Å². The zero-order valence-electron chi connectivity index (χ0n) is 19.9. The smallest absolute Gasteiger partial charge is 0.333 e. The number of aliphatic carboxylic acids is 1. The van der Waals surface area contributed by atoms with Crippen molar-refractivity contribution in [2.24, 2.45) is 5.92 Å². The molecule has 1 unspecified atom stereocenters. The Morgan fingerprint density at radius 1 is 1.32 bits per heavy atom. The molecule has 0 amide bonds. The molecule has 4 N–H and O–H groups in total. The van der Waals surface area contributed by atoms with Gasteiger partial charge in [0.2, 0.25) is 5.28 Å². The summed E-state index contributed by atoms with van der Waals surface area (Å²) in [5.74, 6) is 0.865. The quantitative estimate of drug-likeness (QED) is 0.220. The van der Waals surface area contributed by atoms with Gasteiger partial charge >= 0.3 is 5.97 Å². The van der Waals surface area contributed by atoms with Crippen LogP contribution in [-0.2, 0) is 27.1 Å². The van der Waals surface area contributed by atoms with Gasteiger partial charge in [-0.05, 0) is 29.5 Å². The number of rotatable bonds is 10. The molecule has 1 aromatic carbocycles. The van der Waals surface area contributed by atoms with Gasteiger partial charge < -0.3 is 29.9 Å². The van der Waals surface area contributed by atoms with Crippen molar-refractivity contribution in [2.75, 3.05) is 13.2 Å². The van der Waals surface area contributed by atoms with Crippen LogP contribution in [0.4, 0.5) is 0 Å². The number of imidazole rings is 1. The van der Waals surface area contributed by atoms with E-state index in [1.807, 2.05) is 13.0 Å². The number of ether oxygens (including phenoxy) is 2. The number of terminal acetylenes is 1. The van der Waals surface area contributed by atoms with Crippen LogP contribution in [0.25, 0.3) is 11.2 Å². The second-order valence-electron chi connectivity index (χ2n) is 9.03. The van der Waals surface area contributed by atoms with Gasteiger partial charge in [-0.1, -0.05) is 43.2 Å². The number of nitrogens with zero attached hydrogens (tertiary/aromatic N) is 4. The maximum absolute atomic E-state index is 11.8. The number of carboxylic acid groups (broad SMARTS) is 1. The van der Waals surface area contributed by atoms with E-state index >= 15 is 0 Å². The molecule has 3 aromatic rings. The Balaban J connectivity index is 1.58. The van der Waals surface area contributed by atoms with Crippen LogP contribution in [0, 0.1) is 18.3 Å². The summed E-state index contributed by atoms with van der Waals surface area (Å²) in [6, 6.07) is 8.93. The SMILES string of the molecule is C#C[C@@]1(O)[C@@H](COC(Cc2ccccc2)C(=O)O)O[C@@H](n2cnc3c(C[C@H](C)CO)nc(Cl)nc32)[C@@H]1O. The third kappa shape index (κ3) is 5.45. The molecule has 0 aliphatic carbocycles. The van der Waals surface area contributed by atoms with Gasteiger partial charge in [-0.25, -0.2) is 14.8 Å². The highest BCUT2D eigenvalue weighted by molar-refractivity contribution is 6.28. The predicted molar refractivity (Wildman–Crippen MR) is 132 cm³/mol. The second kappa shape index (κ2) is 11.1. The summed E-state index contributed by atoms with van der Waals surface area (Å²) < 4.78 is 12.9. The van der Waals surface area contributed by atoms with Crippen molar-refractivity contribution in [2.45, 2.75) is 49.9 Å². The Bertz CT molecular complexity index is 1300. The molecule has 4 rings (SSSR count). The molecule has 1 saturated heterocycles. The number of aliphatic hydroxyl groups excluding tert-OH is 2. The van der Waals surface area contributed by atoms with Gasteiger partial charge in [0.15, 0.2) is 23.6 Å². The first-order valence-corrected chi connectivity index (χ1v) is 12.0. The maximum Gasteiger partial charge on any atom is 0.333 e. The molecule has 0 radical (unpaired) electrons. The Kier molecular flexibility index (Phi) is 8.08. The van der Waals surface area contributed by atoms with Crippen molar-refractivity contribution < 1.29 is 34.7 Å². The fraction of sp³-hybridized carbons (Fsp3) is 0.440. The fourth-order valence-corrected chi connectivity index (χ4v) is 4.42. The standard InChI is InChI=1S/C25H27ClN4O7/c1-3-25(35)18(12-36-17(23(33)34)10-15-7-5-4-6-8-15)37-22(20(25)32)30-13-27-19-16(9-14(2)11-31)28-24(26)29-21(19)30/h1,4-8,13-14,17-18,20,22,31-32,35H,9-12H2,2H3,(H,33,34)/t14-,17?,18+,20-,22+,25+/m0/s1. The molecule has 0 spiro atoms. The topological polar surface area (TPSA) is 160 Å². The van der Waals surface area contributed by atoms with Crippen molar-refractivity contribution in [3.63, 3.8) is 0 Å². The first-order valence-electron chi connectivity index (χ1n) is 11.6. The number of benzene rings is 1. The van der Waals surface area contributed by atoms with Crippen molar-refractivity contribution in [1.82, 2.24) is 19.5 Å². The molecule has 2 aromatic heterocycles. The van der Waals surface area contributed by atoms with E-state index in [-0.39, 0.29) is 29.9 Å². The molecule has 196 valence electrons. The molecular formula is C25H27ClN4O7. The largest absolute Gasteiger partial charge is 0.479 e. The van der Waals surface area contributed by atoms with Gasteiger partial charge in [-0.15, -0.1) is 6.42 Å². The highest BCUT2D eigenvalue weighted by Crippen LogP contribution is 2.39. The van der Waals surface area contributed by atoms with Crippen LogP contribution in [-0.4, -0.2) is 83.0 Å². The van der Waals surface area contributed by atoms with E-state index in [9.17, 15) is 25.2 Å². The van der Waals surface area contributed by atoms with Crippen LogP contribution in [0.3, 0.4) is 0 Å². The molecule has 0 bridgehead atoms. The predicted octanol–water partition coefficient (Wildman–Crippen LogP) is 0.986. The minimum atomic E-state index is -2.19. The molecule has 1 aliphatic heterocycles. The molecule has 37 heavy (non-hydrogen) atoms. The zero-order valence-corrected chi connectivity index (χ0v) is 20.7. The van der Waals surface area contributed by atoms with Gasteiger partial charge in [0, 0.05) is 13.0 Å². The van der Waals surface area contributed by atoms with Gasteiger partial charge in [0.25, 0.3) is 0 Å². The monoisotopic (exact) mass is 530 g/mol. The van der Waals surface area contributed by atoms with E-state index in [0.717, 1.165) is 5.56 Å². The third-order valence-corrected chi connectivity index (χ3v) is 6.50. The number of fused-ring (bicyclic) bond motifs is 1. The number of carbonyl (C=O) groups is 1. The lowest BCUT2D eigenvalue weighted by Gasteiger charge is -2.26. The number of carboxylic acids is 1. The van der Waals surface area contributed by atoms with Gasteiger partial charge in [-0.3, -0.25) is 4.57 Å². The number of aromatic nitrogens is 4. The number of halogens is 1. The minimum absolute atomic E-state index is 0.0627. The van der Waals surface area contributed by atoms with E-state index in [0.29, 0.717) is 17.6 Å². The Hall–Kier alpha value is -3.11. The van der Waals surface area contributed by atoms with E-state index in [1.54, 1.807) is 24.3 Å². The molecule has 12 heteroatoms. The Labute approximate surface area is 217 Å². The average molecular weight is 531 g/mol. The van der Waals surface area contributed by atoms with E-state index in [1.165, 1.54) is 10.9 Å². The Morgan fingerprint density at radius 2 is 2.05 bits per heavy atom. The first-order chi connectivity index (χ1) is 17.7. The first kappa shape index (κ1) is 26.9. The maximum atomic E-state index is 11.8. The average Bonchev–Trinajstić information content (AvgIpc) is 3.41. The highest BCUT2D eigenvalue weighted by Gasteiger charge is 2.56. The molecule has 1 fully saturated rings. The fourth-order valence-electron chi connectivity index (χ4n) is 4.23. The van der Waals surface area contributed by atoms with Crippen LogP contribution in [0.1, 0.15) is 24.4 Å². The van der Waals surface area contributed by atoms with Gasteiger partial charge in [0.05, 0.1) is 18.6 Å². The van der Waals surface area contributed by atoms with Crippen LogP contribution < -0.4 is 0 Å². The normalized spacial score (nSPS) is 25.1. The van der Waals surface area contributed by atoms with Crippen molar-refractivity contribution in [1.29, 1.82) is 0 Å². The lowest BCUT2D eigenvalue weighted by molar-refractivity contribution is -0.156. The van der Waals surface area contributed by atoms with Crippen LogP contribution in [0.5, 0.6) is 0 Å². The zero-order chi connectivity index (χ0) is 26.7. The summed E-state index contributed by atoms with van der Waals surface area (Å²) in [6.07, 6.45) is 2.03. The molecule has 3 heterocycles. The molecule has 1 aliphatic rings. The number of hydrogen-bond donors (Lipinski definition) is 4. The lowest BCUT2D eigenvalue weighted by Crippen LogP contribution is -2.48. The summed E-state index contributed by atoms with van der Waals surface area (Å²) in [4.78, 5) is 24.5. The van der Waals surface area contributed by atoms with E-state index < -0.39 is 42.7 Å². The van der Waals surface area contributed by atoms with Crippen molar-refractivity contribution in [3.8, 4) is 12.3 Å². The summed E-state index contributed by atoms with van der Waals surface area (Å²) >= 11 is 6.13. The molecule has 11 nitrogen and oxygen atoms in total. The number of aliphatic hydroxyl groups is 3. The summed E-state index contributed by atoms with van der Waals surface area (Å²) in [5.41, 5.74) is -0.321. The number of hydrogen-bond acceptors (Lipinski definition) is 9. The van der Waals surface area contributed by atoms with Gasteiger partial charge in [0.1, 0.15) is 17.7 Å². The van der Waals surface area contributed by atoms with E-state index in [2.05, 4.69) is 20.9 Å². The summed E-state index contributed by atoms with van der Waals surface area (Å²) in [6.45, 7) is 1.37. The minimum Gasteiger partial charge on any atom is -0.479 e. The van der Waals surface area contributed by atoms with E-state index in [4.69, 9.17) is 27.5 Å². The van der Waals surface area contributed by atoms with Crippen LogP contribution >= 0.6 is 11.6 Å². The highest BCUT2D eigenvalue weighted by atomic mass is 35.5. The molecular weight excluding hydrogens is 504 g/mol. The lowest BCUT2D eigenvalue weighted by atomic mass is 9.93.